The molecule has 0 radical (unpaired) electrons. The van der Waals surface area contributed by atoms with Crippen molar-refractivity contribution in [3.8, 4) is 0 Å². The van der Waals surface area contributed by atoms with Crippen LogP contribution in [0.25, 0.3) is 0 Å². The second-order valence-corrected chi connectivity index (χ2v) is 5.65. The van der Waals surface area contributed by atoms with Crippen LogP contribution < -0.4 is 0 Å². The van der Waals surface area contributed by atoms with Gasteiger partial charge in [-0.25, -0.2) is 4.79 Å². The summed E-state index contributed by atoms with van der Waals surface area (Å²) in [6.45, 7) is 0. The quantitative estimate of drug-likeness (QED) is 0.615. The van der Waals surface area contributed by atoms with Gasteiger partial charge in [-0.1, -0.05) is 25.7 Å². The van der Waals surface area contributed by atoms with E-state index in [2.05, 4.69) is 0 Å². The second kappa shape index (κ2) is 8.00. The first-order chi connectivity index (χ1) is 8.66. The summed E-state index contributed by atoms with van der Waals surface area (Å²) in [5.41, 5.74) is 0. The molecule has 108 valence electrons. The fourth-order valence-electron chi connectivity index (χ4n) is 3.25. The molecule has 0 amide bonds. The van der Waals surface area contributed by atoms with Crippen molar-refractivity contribution in [2.45, 2.75) is 63.9 Å². The number of ether oxygens (including phenoxy) is 1. The summed E-state index contributed by atoms with van der Waals surface area (Å²) in [6, 6.07) is 0. The van der Waals surface area contributed by atoms with E-state index in [1.165, 1.54) is 12.8 Å². The molecule has 0 aliphatic heterocycles. The molecule has 0 aromatic rings. The summed E-state index contributed by atoms with van der Waals surface area (Å²) in [4.78, 5) is 23.0. The van der Waals surface area contributed by atoms with Crippen molar-refractivity contribution in [2.24, 2.45) is 11.8 Å². The third-order valence-electron chi connectivity index (χ3n) is 4.26. The average Bonchev–Trinajstić information content (AvgIpc) is 2.97. The fourth-order valence-corrected chi connectivity index (χ4v) is 3.25. The molecule has 19 heavy (non-hydrogen) atoms. The van der Waals surface area contributed by atoms with Gasteiger partial charge in [-0.3, -0.25) is 4.79 Å². The monoisotopic (exact) mass is 326 g/mol. The van der Waals surface area contributed by atoms with Crippen molar-refractivity contribution in [3.63, 3.8) is 0 Å². The van der Waals surface area contributed by atoms with Crippen molar-refractivity contribution >= 4 is 31.7 Å². The van der Waals surface area contributed by atoms with Crippen molar-refractivity contribution in [3.05, 3.63) is 0 Å². The van der Waals surface area contributed by atoms with Gasteiger partial charge in [-0.2, -0.15) is 0 Å². The summed E-state index contributed by atoms with van der Waals surface area (Å²) in [6.07, 6.45) is 7.85. The molecule has 0 heterocycles. The molecule has 1 unspecified atom stereocenters. The van der Waals surface area contributed by atoms with Gasteiger partial charge in [0.25, 0.3) is 0 Å². The van der Waals surface area contributed by atoms with Gasteiger partial charge in [0, 0.05) is 12.3 Å². The normalized spacial score (nSPS) is 21.9. The van der Waals surface area contributed by atoms with E-state index in [1.54, 1.807) is 0 Å². The summed E-state index contributed by atoms with van der Waals surface area (Å²) in [5, 5.41) is 9.17. The second-order valence-electron chi connectivity index (χ2n) is 5.65. The van der Waals surface area contributed by atoms with Crippen LogP contribution in [0.2, 0.25) is 0 Å². The van der Waals surface area contributed by atoms with Crippen LogP contribution in [0.3, 0.4) is 0 Å². The molecule has 2 aliphatic carbocycles. The summed E-state index contributed by atoms with van der Waals surface area (Å²) in [5.74, 6) is -0.867. The molecule has 2 saturated carbocycles. The van der Waals surface area contributed by atoms with Gasteiger partial charge in [0.15, 0.2) is 0 Å². The Balaban J connectivity index is 0.00000180. The summed E-state index contributed by atoms with van der Waals surface area (Å²) >= 11 is 0. The zero-order valence-corrected chi connectivity index (χ0v) is 10.8. The van der Waals surface area contributed by atoms with E-state index in [4.69, 9.17) is 9.84 Å². The van der Waals surface area contributed by atoms with Crippen molar-refractivity contribution in [1.82, 2.24) is 0 Å². The Bertz CT molecular complexity index is 307. The molecule has 1 atom stereocenters. The number of carbonyl (C=O) groups excluding carboxylic acids is 1. The molecular weight excluding hydrogens is 302 g/mol. The van der Waals surface area contributed by atoms with Crippen LogP contribution in [0.1, 0.15) is 57.8 Å². The number of hydrogen-bond acceptors (Lipinski definition) is 3. The summed E-state index contributed by atoms with van der Waals surface area (Å²) in [7, 11) is 0. The van der Waals surface area contributed by atoms with E-state index < -0.39 is 12.1 Å². The van der Waals surface area contributed by atoms with Crippen LogP contribution in [-0.4, -0.2) is 42.9 Å². The van der Waals surface area contributed by atoms with Gasteiger partial charge in [0.1, 0.15) is 0 Å². The molecule has 2 aliphatic rings. The van der Waals surface area contributed by atoms with E-state index in [9.17, 15) is 9.59 Å². The van der Waals surface area contributed by atoms with E-state index in [1.807, 2.05) is 0 Å². The predicted octanol–water partition coefficient (Wildman–Crippen LogP) is 1.57. The number of esters is 1. The Labute approximate surface area is 127 Å². The van der Waals surface area contributed by atoms with Crippen molar-refractivity contribution in [1.29, 1.82) is 0 Å². The predicted molar refractivity (Wildman–Crippen MR) is 76.0 cm³/mol. The Morgan fingerprint density at radius 1 is 1.05 bits per heavy atom. The number of carbonyl (C=O) groups is 2. The Hall–Kier alpha value is -0.424. The third kappa shape index (κ3) is 4.87. The van der Waals surface area contributed by atoms with E-state index in [0.717, 1.165) is 38.5 Å². The molecule has 1 N–H and O–H groups in total. The van der Waals surface area contributed by atoms with Gasteiger partial charge in [0.2, 0.25) is 6.10 Å². The van der Waals surface area contributed by atoms with Crippen LogP contribution in [0, 0.1) is 11.8 Å². The molecule has 2 rings (SSSR count). The molecule has 0 aromatic carbocycles. The minimum atomic E-state index is -0.985. The van der Waals surface area contributed by atoms with E-state index >= 15 is 0 Å². The number of carboxylic acids is 1. The van der Waals surface area contributed by atoms with Gasteiger partial charge in [0.05, 0.1) is 0 Å². The topological polar surface area (TPSA) is 63.6 Å². The first-order valence-corrected chi connectivity index (χ1v) is 7.09. The van der Waals surface area contributed by atoms with Crippen LogP contribution in [0.15, 0.2) is 0 Å². The van der Waals surface area contributed by atoms with E-state index in [-0.39, 0.29) is 31.7 Å². The Kier molecular flexibility index (Phi) is 7.00. The molecule has 5 heteroatoms. The molecule has 0 bridgehead atoms. The average molecular weight is 327 g/mol. The first kappa shape index (κ1) is 16.6. The van der Waals surface area contributed by atoms with Gasteiger partial charge in [-0.05, 0) is 31.6 Å². The van der Waals surface area contributed by atoms with Crippen LogP contribution in [-0.2, 0) is 14.3 Å². The first-order valence-electron chi connectivity index (χ1n) is 7.09. The van der Waals surface area contributed by atoms with Crippen LogP contribution in [0.4, 0.5) is 0 Å². The van der Waals surface area contributed by atoms with E-state index in [0.29, 0.717) is 12.3 Å². The zero-order valence-electron chi connectivity index (χ0n) is 10.8. The van der Waals surface area contributed by atoms with Gasteiger partial charge in [-0.15, -0.1) is 0 Å². The number of aliphatic carboxylic acids is 1. The van der Waals surface area contributed by atoms with Crippen molar-refractivity contribution in [2.75, 3.05) is 0 Å². The van der Waals surface area contributed by atoms with Crippen LogP contribution >= 0.6 is 0 Å². The number of carboxylic acid groups (broad SMARTS) is 1. The molecule has 2 fully saturated rings. The maximum absolute atomic E-state index is 11.8. The summed E-state index contributed by atoms with van der Waals surface area (Å²) < 4.78 is 5.22. The molecule has 0 aromatic heterocycles. The zero-order chi connectivity index (χ0) is 13.0. The number of hydrogen-bond donors (Lipinski definition) is 1. The van der Waals surface area contributed by atoms with Gasteiger partial charge < -0.3 is 9.84 Å². The molecule has 0 spiro atoms. The standard InChI is InChI=1S/C14H22O4.Ga.3H/c15-12(9-10-5-1-2-6-10)18-13(14(16)17)11-7-3-4-8-11;;;;/h10-11,13H,1-9H2,(H,16,17);;;;. The Morgan fingerprint density at radius 3 is 2.11 bits per heavy atom. The van der Waals surface area contributed by atoms with Crippen LogP contribution in [0.5, 0.6) is 0 Å². The SMILES string of the molecule is O=C(CC1CCCC1)OC(C(=O)O)C1CCCC1.[GaH3]. The maximum atomic E-state index is 11.8. The molecular formula is C14H25GaO4. The third-order valence-corrected chi connectivity index (χ3v) is 4.26. The molecule has 0 saturated heterocycles. The number of rotatable bonds is 5. The van der Waals surface area contributed by atoms with Crippen molar-refractivity contribution < 1.29 is 19.4 Å². The Morgan fingerprint density at radius 2 is 1.58 bits per heavy atom. The molecule has 4 nitrogen and oxygen atoms in total. The fraction of sp³-hybridized carbons (Fsp3) is 0.857. The van der Waals surface area contributed by atoms with Gasteiger partial charge >= 0.3 is 31.7 Å². The minimum absolute atomic E-state index is 0.